The summed E-state index contributed by atoms with van der Waals surface area (Å²) in [6.45, 7) is 6.96. The van der Waals surface area contributed by atoms with Gasteiger partial charge in [0, 0.05) is 17.5 Å². The maximum absolute atomic E-state index is 11.0. The molecule has 0 radical (unpaired) electrons. The highest BCUT2D eigenvalue weighted by Gasteiger charge is 2.05. The average Bonchev–Trinajstić information content (AvgIpc) is 2.49. The Bertz CT molecular complexity index is 480. The first-order chi connectivity index (χ1) is 9.58. The van der Waals surface area contributed by atoms with Crippen molar-refractivity contribution in [2.75, 3.05) is 0 Å². The number of benzene rings is 1. The van der Waals surface area contributed by atoms with Crippen LogP contribution >= 0.6 is 15.9 Å². The molecule has 1 rings (SSSR count). The third kappa shape index (κ3) is 5.40. The molecule has 0 atom stereocenters. The van der Waals surface area contributed by atoms with Crippen LogP contribution in [0.5, 0.6) is 0 Å². The van der Waals surface area contributed by atoms with E-state index in [-0.39, 0.29) is 13.2 Å². The number of ether oxygens (including phenoxy) is 2. The second kappa shape index (κ2) is 8.32. The van der Waals surface area contributed by atoms with E-state index in [1.807, 2.05) is 18.2 Å². The van der Waals surface area contributed by atoms with Gasteiger partial charge in [-0.25, -0.2) is 9.59 Å². The van der Waals surface area contributed by atoms with Gasteiger partial charge in [-0.3, -0.25) is 0 Å². The average molecular weight is 339 g/mol. The largest absolute Gasteiger partial charge is 0.458 e. The fourth-order valence-electron chi connectivity index (χ4n) is 1.51. The van der Waals surface area contributed by atoms with Gasteiger partial charge in [-0.15, -0.1) is 0 Å². The summed E-state index contributed by atoms with van der Waals surface area (Å²) in [5.74, 6) is -0.956. The molecule has 0 unspecified atom stereocenters. The minimum atomic E-state index is -0.478. The van der Waals surface area contributed by atoms with E-state index in [1.165, 1.54) is 0 Å². The van der Waals surface area contributed by atoms with Gasteiger partial charge in [0.05, 0.1) is 0 Å². The second-order valence-corrected chi connectivity index (χ2v) is 4.48. The molecule has 0 amide bonds. The lowest BCUT2D eigenvalue weighted by atomic mass is 10.1. The zero-order valence-corrected chi connectivity index (χ0v) is 12.5. The Morgan fingerprint density at radius 3 is 1.70 bits per heavy atom. The molecule has 0 aromatic heterocycles. The van der Waals surface area contributed by atoms with Crippen LogP contribution in [-0.4, -0.2) is 11.9 Å². The summed E-state index contributed by atoms with van der Waals surface area (Å²) in [6, 6.07) is 5.63. The number of alkyl halides is 1. The van der Waals surface area contributed by atoms with Gasteiger partial charge in [0.25, 0.3) is 0 Å². The molecule has 0 fully saturated rings. The van der Waals surface area contributed by atoms with Crippen molar-refractivity contribution < 1.29 is 19.1 Å². The molecule has 0 heterocycles. The Morgan fingerprint density at radius 1 is 0.950 bits per heavy atom. The fraction of sp³-hybridized carbons (Fsp3) is 0.200. The third-order valence-electron chi connectivity index (χ3n) is 2.36. The molecular weight excluding hydrogens is 324 g/mol. The quantitative estimate of drug-likeness (QED) is 0.435. The lowest BCUT2D eigenvalue weighted by Gasteiger charge is -2.09. The molecule has 5 heteroatoms. The second-order valence-electron chi connectivity index (χ2n) is 3.92. The van der Waals surface area contributed by atoms with Crippen molar-refractivity contribution in [3.05, 3.63) is 60.2 Å². The molecule has 0 bridgehead atoms. The van der Waals surface area contributed by atoms with E-state index in [0.717, 1.165) is 28.8 Å². The Labute approximate surface area is 126 Å². The number of rotatable bonds is 7. The van der Waals surface area contributed by atoms with Crippen LogP contribution in [0, 0.1) is 0 Å². The zero-order valence-electron chi connectivity index (χ0n) is 10.9. The number of hydrogen-bond acceptors (Lipinski definition) is 4. The van der Waals surface area contributed by atoms with Gasteiger partial charge in [0.1, 0.15) is 13.2 Å². The Balaban J connectivity index is 2.79. The number of halogens is 1. The molecule has 106 valence electrons. The van der Waals surface area contributed by atoms with Gasteiger partial charge in [0.2, 0.25) is 0 Å². The van der Waals surface area contributed by atoms with Crippen molar-refractivity contribution in [2.24, 2.45) is 0 Å². The number of esters is 2. The molecule has 0 aliphatic rings. The smallest absolute Gasteiger partial charge is 0.330 e. The number of hydrogen-bond donors (Lipinski definition) is 0. The molecule has 0 N–H and O–H groups in total. The lowest BCUT2D eigenvalue weighted by molar-refractivity contribution is -0.139. The van der Waals surface area contributed by atoms with Crippen molar-refractivity contribution in [3.8, 4) is 0 Å². The molecule has 1 aromatic carbocycles. The first kappa shape index (κ1) is 16.2. The Hall–Kier alpha value is -1.88. The fourth-order valence-corrected chi connectivity index (χ4v) is 1.83. The standard InChI is InChI=1S/C15H15BrO4/c1-3-14(17)19-9-12-5-11(8-16)6-13(7-12)10-20-15(18)4-2/h3-7H,1-2,8-10H2. The highest BCUT2D eigenvalue weighted by Crippen LogP contribution is 2.15. The summed E-state index contributed by atoms with van der Waals surface area (Å²) in [7, 11) is 0. The van der Waals surface area contributed by atoms with Crippen LogP contribution in [0.25, 0.3) is 0 Å². The molecule has 0 aliphatic carbocycles. The van der Waals surface area contributed by atoms with Crippen LogP contribution in [0.3, 0.4) is 0 Å². The molecule has 0 spiro atoms. The first-order valence-corrected chi connectivity index (χ1v) is 6.97. The van der Waals surface area contributed by atoms with Crippen LogP contribution in [0.4, 0.5) is 0 Å². The molecule has 0 saturated carbocycles. The summed E-state index contributed by atoms with van der Waals surface area (Å²) in [4.78, 5) is 22.1. The van der Waals surface area contributed by atoms with Crippen LogP contribution < -0.4 is 0 Å². The molecule has 20 heavy (non-hydrogen) atoms. The van der Waals surface area contributed by atoms with E-state index in [9.17, 15) is 9.59 Å². The molecule has 0 aliphatic heterocycles. The van der Waals surface area contributed by atoms with Crippen molar-refractivity contribution in [1.29, 1.82) is 0 Å². The van der Waals surface area contributed by atoms with Crippen molar-refractivity contribution in [1.82, 2.24) is 0 Å². The van der Waals surface area contributed by atoms with Gasteiger partial charge >= 0.3 is 11.9 Å². The summed E-state index contributed by atoms with van der Waals surface area (Å²) in [6.07, 6.45) is 2.22. The van der Waals surface area contributed by atoms with Crippen molar-refractivity contribution >= 4 is 27.9 Å². The highest BCUT2D eigenvalue weighted by atomic mass is 79.9. The van der Waals surface area contributed by atoms with Crippen LogP contribution in [0.1, 0.15) is 16.7 Å². The monoisotopic (exact) mass is 338 g/mol. The maximum Gasteiger partial charge on any atom is 0.330 e. The normalized spacial score (nSPS) is 9.65. The maximum atomic E-state index is 11.0. The van der Waals surface area contributed by atoms with Gasteiger partial charge < -0.3 is 9.47 Å². The lowest BCUT2D eigenvalue weighted by Crippen LogP contribution is -2.04. The topological polar surface area (TPSA) is 52.6 Å². The van der Waals surface area contributed by atoms with Crippen LogP contribution in [-0.2, 0) is 37.6 Å². The van der Waals surface area contributed by atoms with E-state index in [0.29, 0.717) is 5.33 Å². The SMILES string of the molecule is C=CC(=O)OCc1cc(CBr)cc(COC(=O)C=C)c1. The van der Waals surface area contributed by atoms with Crippen LogP contribution in [0.2, 0.25) is 0 Å². The molecule has 4 nitrogen and oxygen atoms in total. The number of carbonyl (C=O) groups is 2. The van der Waals surface area contributed by atoms with E-state index in [4.69, 9.17) is 9.47 Å². The molecule has 1 aromatic rings. The van der Waals surface area contributed by atoms with Gasteiger partial charge in [0.15, 0.2) is 0 Å². The zero-order chi connectivity index (χ0) is 15.0. The molecule has 0 saturated heterocycles. The molecular formula is C15H15BrO4. The minimum Gasteiger partial charge on any atom is -0.458 e. The van der Waals surface area contributed by atoms with Gasteiger partial charge in [-0.1, -0.05) is 41.2 Å². The Morgan fingerprint density at radius 2 is 1.35 bits per heavy atom. The summed E-state index contributed by atoms with van der Waals surface area (Å²) >= 11 is 3.37. The highest BCUT2D eigenvalue weighted by molar-refractivity contribution is 9.08. The summed E-state index contributed by atoms with van der Waals surface area (Å²) in [5, 5.41) is 0.651. The number of carbonyl (C=O) groups excluding carboxylic acids is 2. The van der Waals surface area contributed by atoms with E-state index < -0.39 is 11.9 Å². The minimum absolute atomic E-state index is 0.147. The van der Waals surface area contributed by atoms with Crippen molar-refractivity contribution in [3.63, 3.8) is 0 Å². The van der Waals surface area contributed by atoms with E-state index in [1.54, 1.807) is 0 Å². The third-order valence-corrected chi connectivity index (χ3v) is 3.01. The first-order valence-electron chi connectivity index (χ1n) is 5.85. The predicted molar refractivity (Wildman–Crippen MR) is 79.1 cm³/mol. The summed E-state index contributed by atoms with van der Waals surface area (Å²) < 4.78 is 9.96. The Kier molecular flexibility index (Phi) is 6.73. The van der Waals surface area contributed by atoms with Gasteiger partial charge in [-0.2, -0.15) is 0 Å². The van der Waals surface area contributed by atoms with Crippen LogP contribution in [0.15, 0.2) is 43.5 Å². The van der Waals surface area contributed by atoms with Gasteiger partial charge in [-0.05, 0) is 22.8 Å². The van der Waals surface area contributed by atoms with E-state index >= 15 is 0 Å². The summed E-state index contributed by atoms with van der Waals surface area (Å²) in [5.41, 5.74) is 2.64. The predicted octanol–water partition coefficient (Wildman–Crippen LogP) is 3.04. The van der Waals surface area contributed by atoms with Crippen molar-refractivity contribution in [2.45, 2.75) is 18.5 Å². The van der Waals surface area contributed by atoms with E-state index in [2.05, 4.69) is 29.1 Å².